The van der Waals surface area contributed by atoms with E-state index in [0.29, 0.717) is 0 Å². The van der Waals surface area contributed by atoms with Gasteiger partial charge in [-0.3, -0.25) is 4.79 Å². The van der Waals surface area contributed by atoms with E-state index in [9.17, 15) is 35.2 Å². The van der Waals surface area contributed by atoms with Gasteiger partial charge in [-0.25, -0.2) is 17.2 Å². The third-order valence-electron chi connectivity index (χ3n) is 6.43. The van der Waals surface area contributed by atoms with Crippen molar-refractivity contribution in [3.63, 3.8) is 0 Å². The first-order valence-electron chi connectivity index (χ1n) is 11.3. The number of amides is 1. The van der Waals surface area contributed by atoms with Gasteiger partial charge in [-0.15, -0.1) is 0 Å². The van der Waals surface area contributed by atoms with Crippen molar-refractivity contribution < 1.29 is 39.9 Å². The van der Waals surface area contributed by atoms with Crippen molar-refractivity contribution in [2.24, 2.45) is 0 Å². The predicted molar refractivity (Wildman–Crippen MR) is 122 cm³/mol. The summed E-state index contributed by atoms with van der Waals surface area (Å²) in [5.41, 5.74) is 2.05. The van der Waals surface area contributed by atoms with E-state index in [0.717, 1.165) is 48.2 Å². The van der Waals surface area contributed by atoms with Crippen LogP contribution in [0, 0.1) is 0 Å². The number of ether oxygens (including phenoxy) is 1. The third kappa shape index (κ3) is 5.58. The van der Waals surface area contributed by atoms with Crippen LogP contribution in [0.4, 0.5) is 27.6 Å². The Morgan fingerprint density at radius 2 is 1.67 bits per heavy atom. The molecule has 4 rings (SSSR count). The highest BCUT2D eigenvalue weighted by molar-refractivity contribution is 7.90. The fourth-order valence-corrected chi connectivity index (χ4v) is 4.90. The Morgan fingerprint density at radius 1 is 1.03 bits per heavy atom. The van der Waals surface area contributed by atoms with Crippen LogP contribution in [0.1, 0.15) is 41.3 Å². The molecule has 1 fully saturated rings. The van der Waals surface area contributed by atoms with Gasteiger partial charge in [0.15, 0.2) is 15.9 Å². The fourth-order valence-electron chi connectivity index (χ4n) is 4.25. The number of rotatable bonds is 5. The molecule has 2 aliphatic rings. The van der Waals surface area contributed by atoms with E-state index in [1.165, 1.54) is 4.90 Å². The third-order valence-corrected chi connectivity index (χ3v) is 7.54. The lowest BCUT2D eigenvalue weighted by Gasteiger charge is -2.33. The van der Waals surface area contributed by atoms with E-state index < -0.39 is 33.9 Å². The average Bonchev–Trinajstić information content (AvgIpc) is 3.21. The summed E-state index contributed by atoms with van der Waals surface area (Å²) in [4.78, 5) is 16.4. The van der Waals surface area contributed by atoms with Crippen molar-refractivity contribution in [3.8, 4) is 5.75 Å². The number of halogens is 5. The maximum atomic E-state index is 13.5. The molecule has 0 radical (unpaired) electrons. The van der Waals surface area contributed by atoms with Crippen LogP contribution in [0.15, 0.2) is 41.3 Å². The van der Waals surface area contributed by atoms with Crippen LogP contribution in [0.25, 0.3) is 0 Å². The number of nitrogens with zero attached hydrogens (tertiary/aromatic N) is 2. The Kier molecular flexibility index (Phi) is 6.69. The van der Waals surface area contributed by atoms with Gasteiger partial charge in [-0.1, -0.05) is 6.07 Å². The van der Waals surface area contributed by atoms with Gasteiger partial charge in [0.2, 0.25) is 0 Å². The normalized spacial score (nSPS) is 18.6. The van der Waals surface area contributed by atoms with Gasteiger partial charge in [-0.2, -0.15) is 13.2 Å². The topological polar surface area (TPSA) is 66.9 Å². The van der Waals surface area contributed by atoms with Crippen LogP contribution >= 0.6 is 0 Å². The Morgan fingerprint density at radius 3 is 2.28 bits per heavy atom. The summed E-state index contributed by atoms with van der Waals surface area (Å²) in [5.74, 6) is -3.73. The van der Waals surface area contributed by atoms with E-state index in [2.05, 4.69) is 0 Å². The largest absolute Gasteiger partial charge is 0.480 e. The van der Waals surface area contributed by atoms with Crippen LogP contribution in [0.3, 0.4) is 0 Å². The fraction of sp³-hybridized carbons (Fsp3) is 0.458. The number of carbonyl (C=O) groups is 1. The summed E-state index contributed by atoms with van der Waals surface area (Å²) >= 11 is 0. The second-order valence-electron chi connectivity index (χ2n) is 9.19. The summed E-state index contributed by atoms with van der Waals surface area (Å²) in [6.07, 6.45) is -6.47. The number of sulfone groups is 1. The SMILES string of the molecule is C[C@H](Oc1ccc(S(C)(=O)=O)cc1C(=O)N1Cc2ccc(N3CCC(F)(F)CC3)cc2C1)C(F)(F)F. The van der Waals surface area contributed by atoms with Gasteiger partial charge in [0.25, 0.3) is 11.8 Å². The van der Waals surface area contributed by atoms with Gasteiger partial charge in [0.05, 0.1) is 10.5 Å². The van der Waals surface area contributed by atoms with E-state index in [1.807, 2.05) is 11.0 Å². The number of anilines is 1. The molecule has 0 N–H and O–H groups in total. The molecule has 1 saturated heterocycles. The van der Waals surface area contributed by atoms with Crippen molar-refractivity contribution >= 4 is 21.4 Å². The number of fused-ring (bicyclic) bond motifs is 1. The highest BCUT2D eigenvalue weighted by Crippen LogP contribution is 2.35. The summed E-state index contributed by atoms with van der Waals surface area (Å²) in [6.45, 7) is 1.48. The second-order valence-corrected chi connectivity index (χ2v) is 11.2. The van der Waals surface area contributed by atoms with Crippen LogP contribution in [0.5, 0.6) is 5.75 Å². The van der Waals surface area contributed by atoms with E-state index in [-0.39, 0.29) is 55.2 Å². The van der Waals surface area contributed by atoms with Gasteiger partial charge in [-0.05, 0) is 48.4 Å². The van der Waals surface area contributed by atoms with Crippen LogP contribution < -0.4 is 9.64 Å². The number of piperidine rings is 1. The quantitative estimate of drug-likeness (QED) is 0.517. The summed E-state index contributed by atoms with van der Waals surface area (Å²) < 4.78 is 95.4. The molecular formula is C24H25F5N2O4S. The summed E-state index contributed by atoms with van der Waals surface area (Å²) in [5, 5.41) is 0. The molecular weight excluding hydrogens is 507 g/mol. The number of benzene rings is 2. The molecule has 2 aliphatic heterocycles. The molecule has 196 valence electrons. The lowest BCUT2D eigenvalue weighted by Crippen LogP contribution is -2.39. The average molecular weight is 533 g/mol. The van der Waals surface area contributed by atoms with Gasteiger partial charge in [0, 0.05) is 51.0 Å². The Labute approximate surface area is 205 Å². The number of alkyl halides is 5. The van der Waals surface area contributed by atoms with Gasteiger partial charge in [0.1, 0.15) is 5.75 Å². The summed E-state index contributed by atoms with van der Waals surface area (Å²) in [7, 11) is -3.74. The molecule has 2 aromatic carbocycles. The van der Waals surface area contributed by atoms with Crippen molar-refractivity contribution in [3.05, 3.63) is 53.1 Å². The first kappa shape index (κ1) is 26.2. The molecule has 0 saturated carbocycles. The smallest absolute Gasteiger partial charge is 0.425 e. The van der Waals surface area contributed by atoms with E-state index >= 15 is 0 Å². The Balaban J connectivity index is 1.58. The standard InChI is InChI=1S/C24H25F5N2O4S/c1-15(24(27,28)29)35-21-6-5-19(36(2,33)34)12-20(21)22(32)31-13-16-3-4-18(11-17(16)14-31)30-9-7-23(25,26)8-10-30/h3-6,11-12,15H,7-10,13-14H2,1-2H3/t15-/m0/s1. The molecule has 1 atom stereocenters. The Bertz CT molecular complexity index is 1270. The minimum Gasteiger partial charge on any atom is -0.480 e. The first-order chi connectivity index (χ1) is 16.6. The van der Waals surface area contributed by atoms with Crippen molar-refractivity contribution in [2.75, 3.05) is 24.2 Å². The zero-order chi connectivity index (χ0) is 26.5. The molecule has 2 heterocycles. The molecule has 0 bridgehead atoms. The molecule has 2 aromatic rings. The number of hydrogen-bond donors (Lipinski definition) is 0. The van der Waals surface area contributed by atoms with Crippen LogP contribution in [0.2, 0.25) is 0 Å². The number of carbonyl (C=O) groups excluding carboxylic acids is 1. The molecule has 12 heteroatoms. The van der Waals surface area contributed by atoms with E-state index in [1.54, 1.807) is 12.1 Å². The molecule has 0 unspecified atom stereocenters. The molecule has 0 aliphatic carbocycles. The lowest BCUT2D eigenvalue weighted by molar-refractivity contribution is -0.189. The molecule has 6 nitrogen and oxygen atoms in total. The monoisotopic (exact) mass is 532 g/mol. The zero-order valence-corrected chi connectivity index (χ0v) is 20.4. The number of hydrogen-bond acceptors (Lipinski definition) is 5. The summed E-state index contributed by atoms with van der Waals surface area (Å²) in [6, 6.07) is 8.58. The lowest BCUT2D eigenvalue weighted by atomic mass is 10.0. The van der Waals surface area contributed by atoms with Crippen molar-refractivity contribution in [1.29, 1.82) is 0 Å². The maximum Gasteiger partial charge on any atom is 0.425 e. The van der Waals surface area contributed by atoms with Crippen LogP contribution in [-0.4, -0.2) is 56.8 Å². The van der Waals surface area contributed by atoms with Crippen molar-refractivity contribution in [2.45, 2.75) is 56.0 Å². The maximum absolute atomic E-state index is 13.5. The van der Waals surface area contributed by atoms with Gasteiger partial charge >= 0.3 is 6.18 Å². The molecule has 0 aromatic heterocycles. The van der Waals surface area contributed by atoms with Gasteiger partial charge < -0.3 is 14.5 Å². The highest BCUT2D eigenvalue weighted by atomic mass is 32.2. The molecule has 36 heavy (non-hydrogen) atoms. The Hall–Kier alpha value is -2.89. The minimum absolute atomic E-state index is 0.128. The minimum atomic E-state index is -4.69. The molecule has 1 amide bonds. The predicted octanol–water partition coefficient (Wildman–Crippen LogP) is 4.81. The zero-order valence-electron chi connectivity index (χ0n) is 19.6. The first-order valence-corrected chi connectivity index (χ1v) is 13.1. The molecule has 0 spiro atoms. The van der Waals surface area contributed by atoms with Crippen molar-refractivity contribution in [1.82, 2.24) is 4.90 Å². The second kappa shape index (κ2) is 9.20. The van der Waals surface area contributed by atoms with Crippen LogP contribution in [-0.2, 0) is 22.9 Å². The van der Waals surface area contributed by atoms with E-state index in [4.69, 9.17) is 4.74 Å². The highest BCUT2D eigenvalue weighted by Gasteiger charge is 2.39.